The molecule has 1 unspecified atom stereocenters. The van der Waals surface area contributed by atoms with E-state index in [1.54, 1.807) is 0 Å². The van der Waals surface area contributed by atoms with E-state index in [0.29, 0.717) is 13.2 Å². The summed E-state index contributed by atoms with van der Waals surface area (Å²) in [6.45, 7) is 4.15. The molecule has 70 valence electrons. The molecule has 1 atom stereocenters. The van der Waals surface area contributed by atoms with Crippen molar-refractivity contribution in [3.63, 3.8) is 0 Å². The van der Waals surface area contributed by atoms with Gasteiger partial charge in [0.1, 0.15) is 5.38 Å². The fourth-order valence-electron chi connectivity index (χ4n) is 0.588. The Bertz CT molecular complexity index is 136. The second-order valence-corrected chi connectivity index (χ2v) is 2.81. The third kappa shape index (κ3) is 7.80. The molecule has 0 rings (SSSR count). The molecule has 0 amide bonds. The molecule has 0 fully saturated rings. The molecular weight excluding hydrogens is 178 g/mol. The molecule has 0 N–H and O–H groups in total. The van der Waals surface area contributed by atoms with Crippen LogP contribution in [-0.2, 0) is 9.47 Å². The molecule has 0 radical (unpaired) electrons. The van der Waals surface area contributed by atoms with Gasteiger partial charge in [-0.3, -0.25) is 0 Å². The average Bonchev–Trinajstić information content (AvgIpc) is 2.10. The summed E-state index contributed by atoms with van der Waals surface area (Å²) in [5.74, 6) is 0. The zero-order valence-corrected chi connectivity index (χ0v) is 8.01. The molecule has 0 aromatic rings. The van der Waals surface area contributed by atoms with Crippen molar-refractivity contribution in [3.8, 4) is 6.07 Å². The van der Waals surface area contributed by atoms with E-state index >= 15 is 0 Å². The van der Waals surface area contributed by atoms with Crippen molar-refractivity contribution in [2.45, 2.75) is 18.7 Å². The minimum absolute atomic E-state index is 0.271. The number of hydrogen-bond donors (Lipinski definition) is 0. The normalized spacial score (nSPS) is 12.4. The van der Waals surface area contributed by atoms with Crippen LogP contribution in [0.3, 0.4) is 0 Å². The fraction of sp³-hybridized carbons (Fsp3) is 0.875. The van der Waals surface area contributed by atoms with Crippen LogP contribution in [0.15, 0.2) is 0 Å². The lowest BCUT2D eigenvalue weighted by molar-refractivity contribution is 0.0508. The van der Waals surface area contributed by atoms with E-state index in [9.17, 15) is 0 Å². The SMILES string of the molecule is CCCOCCOCC(Cl)C#N. The van der Waals surface area contributed by atoms with Gasteiger partial charge in [-0.05, 0) is 6.42 Å². The van der Waals surface area contributed by atoms with Gasteiger partial charge in [-0.15, -0.1) is 11.6 Å². The molecule has 0 saturated heterocycles. The fourth-order valence-corrected chi connectivity index (χ4v) is 0.677. The molecular formula is C8H14ClNO2. The molecule has 0 aromatic carbocycles. The molecule has 4 heteroatoms. The largest absolute Gasteiger partial charge is 0.379 e. The topological polar surface area (TPSA) is 42.2 Å². The van der Waals surface area contributed by atoms with Gasteiger partial charge in [0.05, 0.1) is 25.9 Å². The number of ether oxygens (including phenoxy) is 2. The smallest absolute Gasteiger partial charge is 0.143 e. The molecule has 0 bridgehead atoms. The first kappa shape index (κ1) is 11.7. The molecule has 0 aliphatic carbocycles. The van der Waals surface area contributed by atoms with Gasteiger partial charge in [0, 0.05) is 6.61 Å². The van der Waals surface area contributed by atoms with Crippen molar-refractivity contribution in [3.05, 3.63) is 0 Å². The highest BCUT2D eigenvalue weighted by Crippen LogP contribution is 1.93. The van der Waals surface area contributed by atoms with Crippen LogP contribution in [0.2, 0.25) is 0 Å². The Morgan fingerprint density at radius 3 is 2.58 bits per heavy atom. The zero-order valence-electron chi connectivity index (χ0n) is 7.25. The van der Waals surface area contributed by atoms with Crippen molar-refractivity contribution in [1.29, 1.82) is 5.26 Å². The standard InChI is InChI=1S/C8H14ClNO2/c1-2-3-11-4-5-12-7-8(9)6-10/h8H,2-5,7H2,1H3. The number of rotatable bonds is 7. The van der Waals surface area contributed by atoms with Crippen LogP contribution in [0.5, 0.6) is 0 Å². The summed E-state index contributed by atoms with van der Waals surface area (Å²) in [7, 11) is 0. The minimum atomic E-state index is -0.545. The summed E-state index contributed by atoms with van der Waals surface area (Å²) in [6.07, 6.45) is 1.01. The Hall–Kier alpha value is -0.300. The van der Waals surface area contributed by atoms with Gasteiger partial charge in [0.15, 0.2) is 0 Å². The van der Waals surface area contributed by atoms with Crippen molar-refractivity contribution in [2.75, 3.05) is 26.4 Å². The lowest BCUT2D eigenvalue weighted by Gasteiger charge is -2.04. The summed E-state index contributed by atoms with van der Waals surface area (Å²) in [5.41, 5.74) is 0. The van der Waals surface area contributed by atoms with Gasteiger partial charge >= 0.3 is 0 Å². The Kier molecular flexibility index (Phi) is 8.57. The molecule has 0 aromatic heterocycles. The van der Waals surface area contributed by atoms with Crippen LogP contribution < -0.4 is 0 Å². The Morgan fingerprint density at radius 1 is 1.33 bits per heavy atom. The summed E-state index contributed by atoms with van der Waals surface area (Å²) in [6, 6.07) is 1.87. The van der Waals surface area contributed by atoms with Crippen LogP contribution in [0, 0.1) is 11.3 Å². The third-order valence-corrected chi connectivity index (χ3v) is 1.35. The van der Waals surface area contributed by atoms with Gasteiger partial charge in [0.2, 0.25) is 0 Å². The van der Waals surface area contributed by atoms with Crippen molar-refractivity contribution >= 4 is 11.6 Å². The summed E-state index contributed by atoms with van der Waals surface area (Å²) in [5, 5.41) is 7.74. The highest BCUT2D eigenvalue weighted by Gasteiger charge is 2.00. The van der Waals surface area contributed by atoms with E-state index in [2.05, 4.69) is 0 Å². The summed E-state index contributed by atoms with van der Waals surface area (Å²) in [4.78, 5) is 0. The molecule has 0 aliphatic rings. The van der Waals surface area contributed by atoms with E-state index in [-0.39, 0.29) is 6.61 Å². The van der Waals surface area contributed by atoms with Crippen LogP contribution >= 0.6 is 11.6 Å². The number of nitrogens with zero attached hydrogens (tertiary/aromatic N) is 1. The summed E-state index contributed by atoms with van der Waals surface area (Å²) < 4.78 is 10.2. The van der Waals surface area contributed by atoms with Gasteiger partial charge in [-0.1, -0.05) is 6.92 Å². The molecule has 0 heterocycles. The van der Waals surface area contributed by atoms with Gasteiger partial charge < -0.3 is 9.47 Å². The minimum Gasteiger partial charge on any atom is -0.379 e. The first-order valence-corrected chi connectivity index (χ1v) is 4.44. The maximum absolute atomic E-state index is 8.28. The number of nitriles is 1. The molecule has 12 heavy (non-hydrogen) atoms. The second kappa shape index (κ2) is 8.79. The first-order chi connectivity index (χ1) is 5.81. The number of alkyl halides is 1. The second-order valence-electron chi connectivity index (χ2n) is 2.28. The molecule has 0 aliphatic heterocycles. The molecule has 0 spiro atoms. The maximum atomic E-state index is 8.28. The van der Waals surface area contributed by atoms with Gasteiger partial charge in [-0.25, -0.2) is 0 Å². The van der Waals surface area contributed by atoms with Crippen molar-refractivity contribution in [2.24, 2.45) is 0 Å². The number of halogens is 1. The average molecular weight is 192 g/mol. The van der Waals surface area contributed by atoms with E-state index in [1.165, 1.54) is 0 Å². The highest BCUT2D eigenvalue weighted by molar-refractivity contribution is 6.22. The predicted molar refractivity (Wildman–Crippen MR) is 47.2 cm³/mol. The van der Waals surface area contributed by atoms with Crippen LogP contribution in [0.25, 0.3) is 0 Å². The van der Waals surface area contributed by atoms with E-state index < -0.39 is 5.38 Å². The Labute approximate surface area is 78.2 Å². The lowest BCUT2D eigenvalue weighted by atomic mass is 10.5. The van der Waals surface area contributed by atoms with E-state index in [4.69, 9.17) is 26.3 Å². The number of hydrogen-bond acceptors (Lipinski definition) is 3. The van der Waals surface area contributed by atoms with Crippen molar-refractivity contribution in [1.82, 2.24) is 0 Å². The van der Waals surface area contributed by atoms with Crippen LogP contribution in [-0.4, -0.2) is 31.8 Å². The lowest BCUT2D eigenvalue weighted by Crippen LogP contribution is -2.11. The first-order valence-electron chi connectivity index (χ1n) is 4.00. The molecule has 3 nitrogen and oxygen atoms in total. The van der Waals surface area contributed by atoms with Crippen molar-refractivity contribution < 1.29 is 9.47 Å². The molecule has 0 saturated carbocycles. The highest BCUT2D eigenvalue weighted by atomic mass is 35.5. The van der Waals surface area contributed by atoms with Crippen LogP contribution in [0.1, 0.15) is 13.3 Å². The quantitative estimate of drug-likeness (QED) is 0.453. The Balaban J connectivity index is 2.96. The van der Waals surface area contributed by atoms with Gasteiger partial charge in [0.25, 0.3) is 0 Å². The van der Waals surface area contributed by atoms with E-state index in [1.807, 2.05) is 13.0 Å². The predicted octanol–water partition coefficient (Wildman–Crippen LogP) is 1.56. The zero-order chi connectivity index (χ0) is 9.23. The summed E-state index contributed by atoms with van der Waals surface area (Å²) >= 11 is 5.48. The monoisotopic (exact) mass is 191 g/mol. The Morgan fingerprint density at radius 2 is 2.00 bits per heavy atom. The van der Waals surface area contributed by atoms with E-state index in [0.717, 1.165) is 13.0 Å². The van der Waals surface area contributed by atoms with Crippen LogP contribution in [0.4, 0.5) is 0 Å². The van der Waals surface area contributed by atoms with Gasteiger partial charge in [-0.2, -0.15) is 5.26 Å². The third-order valence-electron chi connectivity index (χ3n) is 1.12. The maximum Gasteiger partial charge on any atom is 0.143 e.